The molecule has 1 aliphatic heterocycles. The SMILES string of the molecule is CC1=NCCN=C(C)C1Cl. The first-order valence-electron chi connectivity index (χ1n) is 3.38. The Hall–Kier alpha value is -0.370. The Bertz CT molecular complexity index is 164. The number of hydrogen-bond acceptors (Lipinski definition) is 2. The summed E-state index contributed by atoms with van der Waals surface area (Å²) in [5.74, 6) is 0. The smallest absolute Gasteiger partial charge is 0.108 e. The van der Waals surface area contributed by atoms with E-state index in [0.29, 0.717) is 0 Å². The van der Waals surface area contributed by atoms with Gasteiger partial charge in [-0.25, -0.2) is 0 Å². The Morgan fingerprint density at radius 2 is 1.60 bits per heavy atom. The average Bonchev–Trinajstić information content (AvgIpc) is 2.04. The molecule has 0 aliphatic carbocycles. The molecule has 1 heterocycles. The van der Waals surface area contributed by atoms with Crippen LogP contribution in [0.1, 0.15) is 13.8 Å². The molecular formula is C7H11ClN2. The lowest BCUT2D eigenvalue weighted by Crippen LogP contribution is -2.18. The zero-order valence-electron chi connectivity index (χ0n) is 6.26. The number of rotatable bonds is 0. The Morgan fingerprint density at radius 1 is 1.20 bits per heavy atom. The maximum absolute atomic E-state index is 5.96. The first-order chi connectivity index (χ1) is 4.72. The second-order valence-corrected chi connectivity index (χ2v) is 2.85. The van der Waals surface area contributed by atoms with Gasteiger partial charge in [0.25, 0.3) is 0 Å². The topological polar surface area (TPSA) is 24.7 Å². The molecule has 0 radical (unpaired) electrons. The third-order valence-corrected chi connectivity index (χ3v) is 2.19. The highest BCUT2D eigenvalue weighted by molar-refractivity contribution is 6.43. The molecule has 0 bridgehead atoms. The van der Waals surface area contributed by atoms with E-state index in [9.17, 15) is 0 Å². The molecule has 0 aromatic carbocycles. The summed E-state index contributed by atoms with van der Waals surface area (Å²) in [5.41, 5.74) is 1.97. The van der Waals surface area contributed by atoms with Crippen LogP contribution in [0.4, 0.5) is 0 Å². The largest absolute Gasteiger partial charge is 0.291 e. The van der Waals surface area contributed by atoms with Gasteiger partial charge < -0.3 is 0 Å². The summed E-state index contributed by atoms with van der Waals surface area (Å²) in [6.45, 7) is 5.46. The highest BCUT2D eigenvalue weighted by Gasteiger charge is 2.12. The van der Waals surface area contributed by atoms with Crippen LogP contribution >= 0.6 is 11.6 Å². The summed E-state index contributed by atoms with van der Waals surface area (Å²) in [5, 5.41) is -0.0671. The Labute approximate surface area is 66.0 Å². The number of alkyl halides is 1. The molecule has 3 heteroatoms. The highest BCUT2D eigenvalue weighted by Crippen LogP contribution is 2.05. The van der Waals surface area contributed by atoms with Crippen molar-refractivity contribution in [2.24, 2.45) is 9.98 Å². The molecule has 56 valence electrons. The number of nitrogens with zero attached hydrogens (tertiary/aromatic N) is 2. The average molecular weight is 159 g/mol. The van der Waals surface area contributed by atoms with Gasteiger partial charge in [0.05, 0.1) is 13.1 Å². The van der Waals surface area contributed by atoms with E-state index >= 15 is 0 Å². The predicted molar refractivity (Wildman–Crippen MR) is 45.6 cm³/mol. The molecule has 0 aromatic rings. The maximum Gasteiger partial charge on any atom is 0.108 e. The molecule has 1 rings (SSSR count). The van der Waals surface area contributed by atoms with E-state index in [1.165, 1.54) is 0 Å². The second kappa shape index (κ2) is 3.15. The van der Waals surface area contributed by atoms with Crippen LogP contribution in [-0.2, 0) is 0 Å². The quantitative estimate of drug-likeness (QED) is 0.478. The first-order valence-corrected chi connectivity index (χ1v) is 3.81. The number of halogens is 1. The monoisotopic (exact) mass is 158 g/mol. The van der Waals surface area contributed by atoms with Gasteiger partial charge in [0, 0.05) is 11.4 Å². The zero-order chi connectivity index (χ0) is 7.56. The van der Waals surface area contributed by atoms with Crippen molar-refractivity contribution in [1.29, 1.82) is 0 Å². The van der Waals surface area contributed by atoms with E-state index in [1.807, 2.05) is 13.8 Å². The number of aliphatic imine (C=N–C) groups is 2. The fourth-order valence-corrected chi connectivity index (χ4v) is 1.05. The summed E-state index contributed by atoms with van der Waals surface area (Å²) in [6.07, 6.45) is 0. The van der Waals surface area contributed by atoms with Gasteiger partial charge in [0.2, 0.25) is 0 Å². The van der Waals surface area contributed by atoms with Crippen LogP contribution in [0.15, 0.2) is 9.98 Å². The van der Waals surface area contributed by atoms with Gasteiger partial charge in [0.1, 0.15) is 5.38 Å². The first kappa shape index (κ1) is 7.73. The van der Waals surface area contributed by atoms with E-state index in [1.54, 1.807) is 0 Å². The predicted octanol–water partition coefficient (Wildman–Crippen LogP) is 1.53. The number of hydrogen-bond donors (Lipinski definition) is 0. The highest BCUT2D eigenvalue weighted by atomic mass is 35.5. The minimum absolute atomic E-state index is 0.0671. The van der Waals surface area contributed by atoms with E-state index < -0.39 is 0 Å². The van der Waals surface area contributed by atoms with Gasteiger partial charge in [-0.1, -0.05) is 0 Å². The molecule has 1 aliphatic rings. The van der Waals surface area contributed by atoms with Crippen LogP contribution in [0.5, 0.6) is 0 Å². The molecular weight excluding hydrogens is 148 g/mol. The molecule has 0 aromatic heterocycles. The molecule has 0 saturated carbocycles. The van der Waals surface area contributed by atoms with Crippen LogP contribution in [-0.4, -0.2) is 29.9 Å². The lowest BCUT2D eigenvalue weighted by molar-refractivity contribution is 0.983. The molecule has 0 amide bonds. The molecule has 2 nitrogen and oxygen atoms in total. The minimum Gasteiger partial charge on any atom is -0.291 e. The van der Waals surface area contributed by atoms with Gasteiger partial charge in [-0.15, -0.1) is 11.6 Å². The normalized spacial score (nSPS) is 21.5. The lowest BCUT2D eigenvalue weighted by Gasteiger charge is -2.04. The fourth-order valence-electron chi connectivity index (χ4n) is 0.915. The van der Waals surface area contributed by atoms with Gasteiger partial charge in [0.15, 0.2) is 0 Å². The Balaban J connectivity index is 2.79. The van der Waals surface area contributed by atoms with Gasteiger partial charge >= 0.3 is 0 Å². The third kappa shape index (κ3) is 1.57. The van der Waals surface area contributed by atoms with Crippen molar-refractivity contribution in [2.75, 3.05) is 13.1 Å². The van der Waals surface area contributed by atoms with Crippen LogP contribution in [0.3, 0.4) is 0 Å². The van der Waals surface area contributed by atoms with Crippen LogP contribution in [0, 0.1) is 0 Å². The van der Waals surface area contributed by atoms with Gasteiger partial charge in [-0.3, -0.25) is 9.98 Å². The molecule has 0 N–H and O–H groups in total. The lowest BCUT2D eigenvalue weighted by atomic mass is 10.2. The van der Waals surface area contributed by atoms with Crippen molar-refractivity contribution >= 4 is 23.0 Å². The molecule has 0 saturated heterocycles. The van der Waals surface area contributed by atoms with E-state index in [-0.39, 0.29) is 5.38 Å². The standard InChI is InChI=1S/C7H11ClN2/c1-5-7(8)6(2)10-4-3-9-5/h7H,3-4H2,1-2H3. The van der Waals surface area contributed by atoms with Crippen molar-refractivity contribution in [3.05, 3.63) is 0 Å². The Morgan fingerprint density at radius 3 is 2.00 bits per heavy atom. The van der Waals surface area contributed by atoms with E-state index in [0.717, 1.165) is 24.5 Å². The van der Waals surface area contributed by atoms with Crippen LogP contribution < -0.4 is 0 Å². The van der Waals surface area contributed by atoms with Crippen molar-refractivity contribution in [3.8, 4) is 0 Å². The van der Waals surface area contributed by atoms with E-state index in [4.69, 9.17) is 11.6 Å². The van der Waals surface area contributed by atoms with Crippen molar-refractivity contribution < 1.29 is 0 Å². The van der Waals surface area contributed by atoms with Crippen LogP contribution in [0.2, 0.25) is 0 Å². The van der Waals surface area contributed by atoms with E-state index in [2.05, 4.69) is 9.98 Å². The second-order valence-electron chi connectivity index (χ2n) is 2.41. The summed E-state index contributed by atoms with van der Waals surface area (Å²) in [6, 6.07) is 0. The Kier molecular flexibility index (Phi) is 2.44. The maximum atomic E-state index is 5.96. The summed E-state index contributed by atoms with van der Waals surface area (Å²) >= 11 is 5.96. The van der Waals surface area contributed by atoms with Crippen molar-refractivity contribution in [2.45, 2.75) is 19.2 Å². The summed E-state index contributed by atoms with van der Waals surface area (Å²) in [4.78, 5) is 8.45. The molecule has 0 fully saturated rings. The van der Waals surface area contributed by atoms with Gasteiger partial charge in [-0.05, 0) is 13.8 Å². The third-order valence-electron chi connectivity index (χ3n) is 1.56. The van der Waals surface area contributed by atoms with Crippen molar-refractivity contribution in [3.63, 3.8) is 0 Å². The molecule has 0 atom stereocenters. The van der Waals surface area contributed by atoms with Gasteiger partial charge in [-0.2, -0.15) is 0 Å². The summed E-state index contributed by atoms with van der Waals surface area (Å²) < 4.78 is 0. The molecule has 10 heavy (non-hydrogen) atoms. The fraction of sp³-hybridized carbons (Fsp3) is 0.714. The van der Waals surface area contributed by atoms with Crippen molar-refractivity contribution in [1.82, 2.24) is 0 Å². The van der Waals surface area contributed by atoms with Crippen LogP contribution in [0.25, 0.3) is 0 Å². The minimum atomic E-state index is -0.0671. The molecule has 0 unspecified atom stereocenters. The summed E-state index contributed by atoms with van der Waals surface area (Å²) in [7, 11) is 0. The molecule has 0 spiro atoms. The zero-order valence-corrected chi connectivity index (χ0v) is 7.02.